The van der Waals surface area contributed by atoms with Gasteiger partial charge in [0, 0.05) is 4.47 Å². The SMILES string of the molecule is CC(NC(=O)C1NCCC1C)c1ccccc1Br. The van der Waals surface area contributed by atoms with E-state index in [0.29, 0.717) is 5.92 Å². The van der Waals surface area contributed by atoms with E-state index in [9.17, 15) is 4.79 Å². The van der Waals surface area contributed by atoms with Gasteiger partial charge in [0.05, 0.1) is 12.1 Å². The molecule has 0 radical (unpaired) electrons. The van der Waals surface area contributed by atoms with Crippen LogP contribution in [0.5, 0.6) is 0 Å². The summed E-state index contributed by atoms with van der Waals surface area (Å²) in [6, 6.07) is 7.95. The van der Waals surface area contributed by atoms with E-state index in [4.69, 9.17) is 0 Å². The molecular formula is C14H19BrN2O. The number of amides is 1. The molecule has 1 amide bonds. The van der Waals surface area contributed by atoms with Gasteiger partial charge >= 0.3 is 0 Å². The maximum absolute atomic E-state index is 12.2. The third-order valence-electron chi connectivity index (χ3n) is 3.55. The molecule has 1 heterocycles. The third kappa shape index (κ3) is 2.93. The van der Waals surface area contributed by atoms with E-state index in [2.05, 4.69) is 33.5 Å². The lowest BCUT2D eigenvalue weighted by atomic mass is 10.0. The van der Waals surface area contributed by atoms with Crippen molar-refractivity contribution in [3.8, 4) is 0 Å². The number of benzene rings is 1. The number of halogens is 1. The minimum atomic E-state index is -0.0464. The van der Waals surface area contributed by atoms with Crippen LogP contribution in [-0.4, -0.2) is 18.5 Å². The minimum absolute atomic E-state index is 0.0164. The second-order valence-corrected chi connectivity index (χ2v) is 5.80. The zero-order valence-electron chi connectivity index (χ0n) is 10.7. The van der Waals surface area contributed by atoms with Crippen molar-refractivity contribution in [3.63, 3.8) is 0 Å². The van der Waals surface area contributed by atoms with Crippen molar-refractivity contribution in [2.24, 2.45) is 5.92 Å². The first-order valence-corrected chi connectivity index (χ1v) is 7.17. The highest BCUT2D eigenvalue weighted by atomic mass is 79.9. The van der Waals surface area contributed by atoms with Crippen LogP contribution in [0.25, 0.3) is 0 Å². The van der Waals surface area contributed by atoms with Crippen LogP contribution >= 0.6 is 15.9 Å². The molecule has 18 heavy (non-hydrogen) atoms. The lowest BCUT2D eigenvalue weighted by Crippen LogP contribution is -2.44. The van der Waals surface area contributed by atoms with Crippen molar-refractivity contribution >= 4 is 21.8 Å². The number of rotatable bonds is 3. The molecule has 4 heteroatoms. The number of nitrogens with one attached hydrogen (secondary N) is 2. The van der Waals surface area contributed by atoms with Crippen LogP contribution < -0.4 is 10.6 Å². The summed E-state index contributed by atoms with van der Waals surface area (Å²) in [5.41, 5.74) is 1.11. The minimum Gasteiger partial charge on any atom is -0.348 e. The number of carbonyl (C=O) groups excluding carboxylic acids is 1. The summed E-state index contributed by atoms with van der Waals surface area (Å²) in [7, 11) is 0. The summed E-state index contributed by atoms with van der Waals surface area (Å²) in [6.07, 6.45) is 1.07. The molecule has 1 saturated heterocycles. The molecule has 0 bridgehead atoms. The summed E-state index contributed by atoms with van der Waals surface area (Å²) in [5, 5.41) is 6.33. The van der Waals surface area contributed by atoms with Crippen molar-refractivity contribution in [2.45, 2.75) is 32.4 Å². The van der Waals surface area contributed by atoms with Crippen molar-refractivity contribution in [2.75, 3.05) is 6.54 Å². The molecule has 3 atom stereocenters. The van der Waals surface area contributed by atoms with Crippen LogP contribution in [0.2, 0.25) is 0 Å². The summed E-state index contributed by atoms with van der Waals surface area (Å²) in [6.45, 7) is 5.06. The van der Waals surface area contributed by atoms with Crippen molar-refractivity contribution in [3.05, 3.63) is 34.3 Å². The van der Waals surface area contributed by atoms with Gasteiger partial charge in [-0.2, -0.15) is 0 Å². The van der Waals surface area contributed by atoms with Gasteiger partial charge in [0.1, 0.15) is 0 Å². The van der Waals surface area contributed by atoms with Gasteiger partial charge < -0.3 is 10.6 Å². The molecule has 1 fully saturated rings. The Hall–Kier alpha value is -0.870. The van der Waals surface area contributed by atoms with Gasteiger partial charge in [0.15, 0.2) is 0 Å². The Morgan fingerprint density at radius 1 is 1.50 bits per heavy atom. The van der Waals surface area contributed by atoms with E-state index >= 15 is 0 Å². The summed E-state index contributed by atoms with van der Waals surface area (Å²) in [5.74, 6) is 0.514. The quantitative estimate of drug-likeness (QED) is 0.901. The summed E-state index contributed by atoms with van der Waals surface area (Å²) < 4.78 is 1.03. The lowest BCUT2D eigenvalue weighted by Gasteiger charge is -2.20. The number of carbonyl (C=O) groups is 1. The highest BCUT2D eigenvalue weighted by Crippen LogP contribution is 2.23. The molecule has 1 aromatic rings. The van der Waals surface area contributed by atoms with Crippen LogP contribution in [0, 0.1) is 5.92 Å². The monoisotopic (exact) mass is 310 g/mol. The number of hydrogen-bond acceptors (Lipinski definition) is 2. The molecule has 0 spiro atoms. The molecular weight excluding hydrogens is 292 g/mol. The Bertz CT molecular complexity index is 436. The lowest BCUT2D eigenvalue weighted by molar-refractivity contribution is -0.124. The van der Waals surface area contributed by atoms with Crippen molar-refractivity contribution in [1.29, 1.82) is 0 Å². The second kappa shape index (κ2) is 5.85. The third-order valence-corrected chi connectivity index (χ3v) is 4.27. The first-order chi connectivity index (χ1) is 8.59. The average Bonchev–Trinajstić information content (AvgIpc) is 2.76. The summed E-state index contributed by atoms with van der Waals surface area (Å²) >= 11 is 3.52. The first kappa shape index (κ1) is 13.6. The molecule has 98 valence electrons. The highest BCUT2D eigenvalue weighted by molar-refractivity contribution is 9.10. The second-order valence-electron chi connectivity index (χ2n) is 4.95. The Morgan fingerprint density at radius 3 is 2.83 bits per heavy atom. The molecule has 1 aliphatic rings. The molecule has 3 unspecified atom stereocenters. The molecule has 1 aromatic carbocycles. The zero-order valence-corrected chi connectivity index (χ0v) is 12.3. The molecule has 2 rings (SSSR count). The highest BCUT2D eigenvalue weighted by Gasteiger charge is 2.30. The molecule has 0 aromatic heterocycles. The Balaban J connectivity index is 2.01. The van der Waals surface area contributed by atoms with E-state index < -0.39 is 0 Å². The van der Waals surface area contributed by atoms with Gasteiger partial charge in [-0.15, -0.1) is 0 Å². The fraction of sp³-hybridized carbons (Fsp3) is 0.500. The van der Waals surface area contributed by atoms with E-state index in [0.717, 1.165) is 23.0 Å². The van der Waals surface area contributed by atoms with Crippen molar-refractivity contribution < 1.29 is 4.79 Å². The maximum atomic E-state index is 12.2. The van der Waals surface area contributed by atoms with Crippen LogP contribution in [-0.2, 0) is 4.79 Å². The Kier molecular flexibility index (Phi) is 4.40. The first-order valence-electron chi connectivity index (χ1n) is 6.37. The van der Waals surface area contributed by atoms with Gasteiger partial charge in [-0.1, -0.05) is 41.1 Å². The summed E-state index contributed by atoms with van der Waals surface area (Å²) in [4.78, 5) is 12.2. The number of hydrogen-bond donors (Lipinski definition) is 2. The molecule has 0 aliphatic carbocycles. The van der Waals surface area contributed by atoms with Gasteiger partial charge in [0.2, 0.25) is 5.91 Å². The van der Waals surface area contributed by atoms with Gasteiger partial charge in [-0.05, 0) is 37.4 Å². The molecule has 3 nitrogen and oxygen atoms in total. The van der Waals surface area contributed by atoms with E-state index in [1.165, 1.54) is 0 Å². The smallest absolute Gasteiger partial charge is 0.237 e. The zero-order chi connectivity index (χ0) is 13.1. The standard InChI is InChI=1S/C14H19BrN2O/c1-9-7-8-16-13(9)14(18)17-10(2)11-5-3-4-6-12(11)15/h3-6,9-10,13,16H,7-8H2,1-2H3,(H,17,18). The van der Waals surface area contributed by atoms with Crippen molar-refractivity contribution in [1.82, 2.24) is 10.6 Å². The topological polar surface area (TPSA) is 41.1 Å². The Morgan fingerprint density at radius 2 is 2.22 bits per heavy atom. The van der Waals surface area contributed by atoms with Crippen LogP contribution in [0.15, 0.2) is 28.7 Å². The van der Waals surface area contributed by atoms with Crippen LogP contribution in [0.1, 0.15) is 31.9 Å². The Labute approximate surface area is 116 Å². The van der Waals surface area contributed by atoms with Gasteiger partial charge in [-0.25, -0.2) is 0 Å². The molecule has 2 N–H and O–H groups in total. The fourth-order valence-corrected chi connectivity index (χ4v) is 3.02. The van der Waals surface area contributed by atoms with E-state index in [1.54, 1.807) is 0 Å². The average molecular weight is 311 g/mol. The predicted molar refractivity (Wildman–Crippen MR) is 76.3 cm³/mol. The maximum Gasteiger partial charge on any atom is 0.237 e. The van der Waals surface area contributed by atoms with Crippen LogP contribution in [0.3, 0.4) is 0 Å². The van der Waals surface area contributed by atoms with E-state index in [-0.39, 0.29) is 18.0 Å². The largest absolute Gasteiger partial charge is 0.348 e. The van der Waals surface area contributed by atoms with Gasteiger partial charge in [-0.3, -0.25) is 4.79 Å². The molecule has 1 aliphatic heterocycles. The van der Waals surface area contributed by atoms with Gasteiger partial charge in [0.25, 0.3) is 0 Å². The normalized spacial score (nSPS) is 24.8. The van der Waals surface area contributed by atoms with Crippen LogP contribution in [0.4, 0.5) is 0 Å². The molecule has 0 saturated carbocycles. The fourth-order valence-electron chi connectivity index (χ4n) is 2.39. The van der Waals surface area contributed by atoms with E-state index in [1.807, 2.05) is 31.2 Å². The predicted octanol–water partition coefficient (Wildman–Crippen LogP) is 2.62.